The maximum atomic E-state index is 12.9. The van der Waals surface area contributed by atoms with Gasteiger partial charge in [-0.15, -0.1) is 0 Å². The van der Waals surface area contributed by atoms with Crippen LogP contribution in [0.25, 0.3) is 6.08 Å². The van der Waals surface area contributed by atoms with Crippen LogP contribution >= 0.6 is 0 Å². The molecule has 0 aliphatic rings. The van der Waals surface area contributed by atoms with Crippen molar-refractivity contribution >= 4 is 23.6 Å². The summed E-state index contributed by atoms with van der Waals surface area (Å²) in [4.78, 5) is 25.5. The molecular weight excluding hydrogens is 404 g/mol. The van der Waals surface area contributed by atoms with Gasteiger partial charge in [-0.3, -0.25) is 9.59 Å². The lowest BCUT2D eigenvalue weighted by atomic mass is 10.2. The Kier molecular flexibility index (Phi) is 6.43. The monoisotopic (exact) mass is 424 g/mol. The number of hydrogen-bond donors (Lipinski definition) is 2. The van der Waals surface area contributed by atoms with Gasteiger partial charge in [-0.2, -0.15) is 0 Å². The average Bonchev–Trinajstić information content (AvgIpc) is 3.34. The van der Waals surface area contributed by atoms with Crippen LogP contribution < -0.4 is 15.4 Å². The van der Waals surface area contributed by atoms with Gasteiger partial charge in [0.1, 0.15) is 23.0 Å². The SMILES string of the molecule is O=C(Nc1ccc(Oc2ccccc2)cc1)/C(=C/c1ccco1)NC(=O)c1ccccc1. The van der Waals surface area contributed by atoms with Crippen molar-refractivity contribution in [3.8, 4) is 11.5 Å². The zero-order valence-corrected chi connectivity index (χ0v) is 17.0. The number of amides is 2. The van der Waals surface area contributed by atoms with Crippen molar-refractivity contribution in [1.29, 1.82) is 0 Å². The Labute approximate surface area is 185 Å². The first kappa shape index (κ1) is 20.7. The van der Waals surface area contributed by atoms with Crippen molar-refractivity contribution in [3.63, 3.8) is 0 Å². The molecule has 3 aromatic carbocycles. The largest absolute Gasteiger partial charge is 0.465 e. The van der Waals surface area contributed by atoms with Gasteiger partial charge >= 0.3 is 0 Å². The van der Waals surface area contributed by atoms with Crippen molar-refractivity contribution in [1.82, 2.24) is 5.32 Å². The number of anilines is 1. The summed E-state index contributed by atoms with van der Waals surface area (Å²) in [5.41, 5.74) is 1.04. The molecule has 6 heteroatoms. The van der Waals surface area contributed by atoms with E-state index in [1.54, 1.807) is 60.7 Å². The molecule has 0 saturated carbocycles. The number of carbonyl (C=O) groups excluding carboxylic acids is 2. The van der Waals surface area contributed by atoms with Crippen molar-refractivity contribution in [2.24, 2.45) is 0 Å². The minimum atomic E-state index is -0.484. The third-order valence-corrected chi connectivity index (χ3v) is 4.45. The van der Waals surface area contributed by atoms with Crippen LogP contribution in [0.15, 0.2) is 113 Å². The molecule has 0 radical (unpaired) electrons. The number of para-hydroxylation sites is 1. The number of rotatable bonds is 7. The summed E-state index contributed by atoms with van der Waals surface area (Å²) >= 11 is 0. The maximum absolute atomic E-state index is 12.9. The fourth-order valence-electron chi connectivity index (χ4n) is 2.89. The molecule has 4 rings (SSSR count). The van der Waals surface area contributed by atoms with E-state index in [0.717, 1.165) is 5.75 Å². The molecule has 2 N–H and O–H groups in total. The topological polar surface area (TPSA) is 80.6 Å². The van der Waals surface area contributed by atoms with E-state index in [1.165, 1.54) is 12.3 Å². The molecule has 0 unspecified atom stereocenters. The summed E-state index contributed by atoms with van der Waals surface area (Å²) in [6.45, 7) is 0. The molecule has 0 spiro atoms. The summed E-state index contributed by atoms with van der Waals surface area (Å²) in [6.07, 6.45) is 2.97. The van der Waals surface area contributed by atoms with E-state index >= 15 is 0 Å². The summed E-state index contributed by atoms with van der Waals surface area (Å²) in [5, 5.41) is 5.44. The number of nitrogens with one attached hydrogen (secondary N) is 2. The zero-order valence-electron chi connectivity index (χ0n) is 17.0. The lowest BCUT2D eigenvalue weighted by Crippen LogP contribution is -2.30. The normalized spacial score (nSPS) is 10.9. The van der Waals surface area contributed by atoms with E-state index in [1.807, 2.05) is 36.4 Å². The molecule has 158 valence electrons. The molecule has 6 nitrogen and oxygen atoms in total. The van der Waals surface area contributed by atoms with Gasteiger partial charge < -0.3 is 19.8 Å². The molecule has 0 aliphatic heterocycles. The third kappa shape index (κ3) is 5.52. The summed E-state index contributed by atoms with van der Waals surface area (Å²) in [6, 6.07) is 28.4. The predicted octanol–water partition coefficient (Wildman–Crippen LogP) is 5.48. The molecule has 0 saturated heterocycles. The minimum Gasteiger partial charge on any atom is -0.465 e. The van der Waals surface area contributed by atoms with Crippen LogP contribution in [0.3, 0.4) is 0 Å². The first-order valence-corrected chi connectivity index (χ1v) is 9.93. The van der Waals surface area contributed by atoms with Crippen LogP contribution in [0, 0.1) is 0 Å². The highest BCUT2D eigenvalue weighted by atomic mass is 16.5. The number of carbonyl (C=O) groups is 2. The Morgan fingerprint density at radius 1 is 0.750 bits per heavy atom. The van der Waals surface area contributed by atoms with Gasteiger partial charge in [0.15, 0.2) is 0 Å². The van der Waals surface area contributed by atoms with Crippen LogP contribution in [-0.4, -0.2) is 11.8 Å². The highest BCUT2D eigenvalue weighted by molar-refractivity contribution is 6.10. The maximum Gasteiger partial charge on any atom is 0.272 e. The van der Waals surface area contributed by atoms with E-state index in [9.17, 15) is 9.59 Å². The highest BCUT2D eigenvalue weighted by Crippen LogP contribution is 2.23. The molecule has 0 atom stereocenters. The lowest BCUT2D eigenvalue weighted by molar-refractivity contribution is -0.113. The van der Waals surface area contributed by atoms with Crippen LogP contribution in [0.5, 0.6) is 11.5 Å². The fourth-order valence-corrected chi connectivity index (χ4v) is 2.89. The standard InChI is InChI=1S/C26H20N2O4/c29-25(19-8-3-1-4-9-19)28-24(18-23-12-7-17-31-23)26(30)27-20-13-15-22(16-14-20)32-21-10-5-2-6-11-21/h1-18H,(H,27,30)(H,28,29)/b24-18-. The molecule has 0 fully saturated rings. The van der Waals surface area contributed by atoms with Gasteiger partial charge in [0.2, 0.25) is 0 Å². The van der Waals surface area contributed by atoms with E-state index in [2.05, 4.69) is 10.6 Å². The first-order valence-electron chi connectivity index (χ1n) is 9.93. The Morgan fingerprint density at radius 2 is 1.41 bits per heavy atom. The molecule has 32 heavy (non-hydrogen) atoms. The Hall–Kier alpha value is -4.58. The second-order valence-electron chi connectivity index (χ2n) is 6.79. The van der Waals surface area contributed by atoms with Gasteiger partial charge in [-0.25, -0.2) is 0 Å². The van der Waals surface area contributed by atoms with E-state index in [0.29, 0.717) is 22.8 Å². The first-order chi connectivity index (χ1) is 15.7. The van der Waals surface area contributed by atoms with Crippen molar-refractivity contribution in [3.05, 3.63) is 120 Å². The molecule has 1 heterocycles. The third-order valence-electron chi connectivity index (χ3n) is 4.45. The van der Waals surface area contributed by atoms with Crippen LogP contribution in [0.4, 0.5) is 5.69 Å². The van der Waals surface area contributed by atoms with Crippen molar-refractivity contribution in [2.75, 3.05) is 5.32 Å². The van der Waals surface area contributed by atoms with E-state index < -0.39 is 11.8 Å². The summed E-state index contributed by atoms with van der Waals surface area (Å²) < 4.78 is 11.1. The van der Waals surface area contributed by atoms with Gasteiger partial charge in [0.05, 0.1) is 6.26 Å². The van der Waals surface area contributed by atoms with Crippen molar-refractivity contribution < 1.29 is 18.7 Å². The van der Waals surface area contributed by atoms with Crippen molar-refractivity contribution in [2.45, 2.75) is 0 Å². The van der Waals surface area contributed by atoms with E-state index in [-0.39, 0.29) is 5.70 Å². The second-order valence-corrected chi connectivity index (χ2v) is 6.79. The number of hydrogen-bond acceptors (Lipinski definition) is 4. The van der Waals surface area contributed by atoms with Gasteiger partial charge in [-0.1, -0.05) is 36.4 Å². The number of benzene rings is 3. The highest BCUT2D eigenvalue weighted by Gasteiger charge is 2.15. The van der Waals surface area contributed by atoms with Crippen LogP contribution in [-0.2, 0) is 4.79 Å². The lowest BCUT2D eigenvalue weighted by Gasteiger charge is -2.11. The fraction of sp³-hybridized carbons (Fsp3) is 0. The van der Waals surface area contributed by atoms with Crippen LogP contribution in [0.2, 0.25) is 0 Å². The second kappa shape index (κ2) is 9.95. The van der Waals surface area contributed by atoms with Gasteiger partial charge in [0.25, 0.3) is 11.8 Å². The molecule has 0 bridgehead atoms. The Bertz CT molecular complexity index is 1200. The molecule has 4 aromatic rings. The molecule has 1 aromatic heterocycles. The van der Waals surface area contributed by atoms with Crippen LogP contribution in [0.1, 0.15) is 16.1 Å². The summed E-state index contributed by atoms with van der Waals surface area (Å²) in [5.74, 6) is 0.914. The number of furan rings is 1. The summed E-state index contributed by atoms with van der Waals surface area (Å²) in [7, 11) is 0. The molecule has 2 amide bonds. The molecular formula is C26H20N2O4. The molecule has 0 aliphatic carbocycles. The average molecular weight is 424 g/mol. The Balaban J connectivity index is 1.48. The van der Waals surface area contributed by atoms with Gasteiger partial charge in [0, 0.05) is 17.3 Å². The Morgan fingerprint density at radius 3 is 2.06 bits per heavy atom. The quantitative estimate of drug-likeness (QED) is 0.385. The van der Waals surface area contributed by atoms with E-state index in [4.69, 9.17) is 9.15 Å². The smallest absolute Gasteiger partial charge is 0.272 e. The predicted molar refractivity (Wildman–Crippen MR) is 122 cm³/mol. The number of ether oxygens (including phenoxy) is 1. The zero-order chi connectivity index (χ0) is 22.2. The minimum absolute atomic E-state index is 0.0541. The van der Waals surface area contributed by atoms with Gasteiger partial charge in [-0.05, 0) is 60.7 Å².